The quantitative estimate of drug-likeness (QED) is 0.846. The van der Waals surface area contributed by atoms with E-state index in [1.54, 1.807) is 13.1 Å². The summed E-state index contributed by atoms with van der Waals surface area (Å²) in [5.41, 5.74) is 0.457. The zero-order chi connectivity index (χ0) is 14.5. The average Bonchev–Trinajstić information content (AvgIpc) is 2.36. The number of alkyl halides is 3. The third kappa shape index (κ3) is 4.74. The molecule has 0 aliphatic rings. The van der Waals surface area contributed by atoms with E-state index in [1.165, 1.54) is 12.3 Å². The fraction of sp³-hybridized carbons (Fsp3) is 0.455. The molecule has 5 nitrogen and oxygen atoms in total. The first-order chi connectivity index (χ1) is 8.87. The van der Waals surface area contributed by atoms with E-state index in [-0.39, 0.29) is 5.69 Å². The van der Waals surface area contributed by atoms with Crippen LogP contribution in [0.4, 0.5) is 18.9 Å². The molecule has 0 unspecified atom stereocenters. The smallest absolute Gasteiger partial charge is 0.395 e. The van der Waals surface area contributed by atoms with Gasteiger partial charge in [-0.1, -0.05) is 0 Å². The van der Waals surface area contributed by atoms with Gasteiger partial charge in [0.25, 0.3) is 5.91 Å². The molecule has 8 heteroatoms. The van der Waals surface area contributed by atoms with Crippen molar-refractivity contribution in [2.45, 2.75) is 6.18 Å². The molecule has 0 atom stereocenters. The Hall–Kier alpha value is -1.83. The maximum atomic E-state index is 12.3. The fourth-order valence-corrected chi connectivity index (χ4v) is 1.45. The molecule has 0 fully saturated rings. The van der Waals surface area contributed by atoms with Crippen LogP contribution < -0.4 is 5.32 Å². The number of rotatable bonds is 5. The van der Waals surface area contributed by atoms with Gasteiger partial charge in [0.2, 0.25) is 0 Å². The van der Waals surface area contributed by atoms with Gasteiger partial charge in [0, 0.05) is 25.5 Å². The van der Waals surface area contributed by atoms with E-state index in [0.29, 0.717) is 10.6 Å². The van der Waals surface area contributed by atoms with Gasteiger partial charge in [-0.05, 0) is 12.1 Å². The van der Waals surface area contributed by atoms with Gasteiger partial charge in [0.15, 0.2) is 0 Å². The summed E-state index contributed by atoms with van der Waals surface area (Å²) in [5.74, 6) is -0.872. The molecular formula is C11H14F3N3O2. The molecule has 19 heavy (non-hydrogen) atoms. The van der Waals surface area contributed by atoms with Crippen LogP contribution in [0.2, 0.25) is 0 Å². The Balaban J connectivity index is 2.91. The monoisotopic (exact) mass is 277 g/mol. The van der Waals surface area contributed by atoms with E-state index in [0.717, 1.165) is 0 Å². The maximum absolute atomic E-state index is 12.3. The van der Waals surface area contributed by atoms with E-state index in [4.69, 9.17) is 5.11 Å². The largest absolute Gasteiger partial charge is 0.406 e. The van der Waals surface area contributed by atoms with Gasteiger partial charge in [-0.3, -0.25) is 9.78 Å². The number of aromatic nitrogens is 1. The molecule has 0 aromatic carbocycles. The Morgan fingerprint density at radius 1 is 1.53 bits per heavy atom. The summed E-state index contributed by atoms with van der Waals surface area (Å²) in [5, 5.41) is 11.5. The number of aliphatic hydroxyl groups excluding tert-OH is 1. The molecule has 1 amide bonds. The summed E-state index contributed by atoms with van der Waals surface area (Å²) in [6, 6.07) is 2.93. The molecule has 0 saturated carbocycles. The minimum Gasteiger partial charge on any atom is -0.395 e. The van der Waals surface area contributed by atoms with Crippen molar-refractivity contribution in [2.75, 3.05) is 32.1 Å². The molecule has 106 valence electrons. The first-order valence-corrected chi connectivity index (χ1v) is 5.48. The molecule has 1 heterocycles. The number of amides is 1. The molecule has 1 aromatic rings. The van der Waals surface area contributed by atoms with Crippen molar-refractivity contribution in [1.29, 1.82) is 0 Å². The molecular weight excluding hydrogens is 263 g/mol. The molecule has 1 aromatic heterocycles. The highest BCUT2D eigenvalue weighted by Crippen LogP contribution is 2.18. The molecule has 0 aliphatic heterocycles. The lowest BCUT2D eigenvalue weighted by Crippen LogP contribution is -2.41. The highest BCUT2D eigenvalue weighted by molar-refractivity contribution is 5.93. The standard InChI is InChI=1S/C11H14F3N3O2/c1-15-8-2-3-16-9(6-8)10(19)17(4-5-18)7-11(12,13)14/h2-3,6,18H,4-5,7H2,1H3,(H,15,16). The van der Waals surface area contributed by atoms with Crippen LogP contribution in [0.1, 0.15) is 10.5 Å². The first-order valence-electron chi connectivity index (χ1n) is 5.48. The average molecular weight is 277 g/mol. The molecule has 0 saturated heterocycles. The number of hydrogen-bond acceptors (Lipinski definition) is 4. The second kappa shape index (κ2) is 6.37. The van der Waals surface area contributed by atoms with Gasteiger partial charge < -0.3 is 15.3 Å². The SMILES string of the molecule is CNc1ccnc(C(=O)N(CCO)CC(F)(F)F)c1. The van der Waals surface area contributed by atoms with Crippen molar-refractivity contribution in [3.63, 3.8) is 0 Å². The number of nitrogens with one attached hydrogen (secondary N) is 1. The molecule has 0 spiro atoms. The predicted molar refractivity (Wildman–Crippen MR) is 62.8 cm³/mol. The van der Waals surface area contributed by atoms with Crippen LogP contribution >= 0.6 is 0 Å². The van der Waals surface area contributed by atoms with Crippen LogP contribution in [0.15, 0.2) is 18.3 Å². The maximum Gasteiger partial charge on any atom is 0.406 e. The van der Waals surface area contributed by atoms with E-state index >= 15 is 0 Å². The van der Waals surface area contributed by atoms with Crippen LogP contribution in [0.25, 0.3) is 0 Å². The molecule has 0 aliphatic carbocycles. The van der Waals surface area contributed by atoms with Gasteiger partial charge >= 0.3 is 6.18 Å². The summed E-state index contributed by atoms with van der Waals surface area (Å²) >= 11 is 0. The molecule has 0 radical (unpaired) electrons. The minimum absolute atomic E-state index is 0.107. The van der Waals surface area contributed by atoms with Crippen molar-refractivity contribution in [3.05, 3.63) is 24.0 Å². The Labute approximate surface area is 108 Å². The Kier molecular flexibility index (Phi) is 5.11. The molecule has 1 rings (SSSR count). The zero-order valence-electron chi connectivity index (χ0n) is 10.2. The van der Waals surface area contributed by atoms with E-state index in [9.17, 15) is 18.0 Å². The summed E-state index contributed by atoms with van der Waals surface area (Å²) < 4.78 is 37.0. The number of halogens is 3. The van der Waals surface area contributed by atoms with Crippen LogP contribution in [0, 0.1) is 0 Å². The number of pyridine rings is 1. The summed E-state index contributed by atoms with van der Waals surface area (Å²) in [7, 11) is 1.62. The fourth-order valence-electron chi connectivity index (χ4n) is 1.45. The van der Waals surface area contributed by atoms with E-state index in [2.05, 4.69) is 10.3 Å². The van der Waals surface area contributed by atoms with Crippen molar-refractivity contribution < 1.29 is 23.1 Å². The van der Waals surface area contributed by atoms with Crippen molar-refractivity contribution in [3.8, 4) is 0 Å². The van der Waals surface area contributed by atoms with Crippen LogP contribution in [-0.4, -0.2) is 53.8 Å². The topological polar surface area (TPSA) is 65.5 Å². The zero-order valence-corrected chi connectivity index (χ0v) is 10.2. The number of hydrogen-bond donors (Lipinski definition) is 2. The first kappa shape index (κ1) is 15.2. The number of carbonyl (C=O) groups is 1. The number of carbonyl (C=O) groups excluding carboxylic acids is 1. The Morgan fingerprint density at radius 2 is 2.21 bits per heavy atom. The highest BCUT2D eigenvalue weighted by atomic mass is 19.4. The lowest BCUT2D eigenvalue weighted by Gasteiger charge is -2.22. The lowest BCUT2D eigenvalue weighted by molar-refractivity contribution is -0.141. The van der Waals surface area contributed by atoms with Crippen molar-refractivity contribution in [1.82, 2.24) is 9.88 Å². The number of aliphatic hydroxyl groups is 1. The van der Waals surface area contributed by atoms with E-state index in [1.807, 2.05) is 0 Å². The normalized spacial score (nSPS) is 11.2. The van der Waals surface area contributed by atoms with Crippen LogP contribution in [0.5, 0.6) is 0 Å². The van der Waals surface area contributed by atoms with Crippen LogP contribution in [-0.2, 0) is 0 Å². The second-order valence-corrected chi connectivity index (χ2v) is 3.75. The highest BCUT2D eigenvalue weighted by Gasteiger charge is 2.33. The van der Waals surface area contributed by atoms with Crippen molar-refractivity contribution in [2.24, 2.45) is 0 Å². The molecule has 2 N–H and O–H groups in total. The predicted octanol–water partition coefficient (Wildman–Crippen LogP) is 1.12. The van der Waals surface area contributed by atoms with Gasteiger partial charge in [-0.25, -0.2) is 0 Å². The third-order valence-corrected chi connectivity index (χ3v) is 2.30. The van der Waals surface area contributed by atoms with Crippen LogP contribution in [0.3, 0.4) is 0 Å². The summed E-state index contributed by atoms with van der Waals surface area (Å²) in [4.78, 5) is 16.2. The second-order valence-electron chi connectivity index (χ2n) is 3.75. The Bertz CT molecular complexity index is 437. The third-order valence-electron chi connectivity index (χ3n) is 2.30. The van der Waals surface area contributed by atoms with Gasteiger partial charge in [-0.15, -0.1) is 0 Å². The number of anilines is 1. The lowest BCUT2D eigenvalue weighted by atomic mass is 10.2. The summed E-state index contributed by atoms with van der Waals surface area (Å²) in [6.45, 7) is -2.37. The van der Waals surface area contributed by atoms with Gasteiger partial charge in [-0.2, -0.15) is 13.2 Å². The summed E-state index contributed by atoms with van der Waals surface area (Å²) in [6.07, 6.45) is -3.20. The number of nitrogens with zero attached hydrogens (tertiary/aromatic N) is 2. The molecule has 0 bridgehead atoms. The van der Waals surface area contributed by atoms with Crippen molar-refractivity contribution >= 4 is 11.6 Å². The van der Waals surface area contributed by atoms with Gasteiger partial charge in [0.05, 0.1) is 6.61 Å². The van der Waals surface area contributed by atoms with Gasteiger partial charge in [0.1, 0.15) is 12.2 Å². The van der Waals surface area contributed by atoms with E-state index < -0.39 is 31.8 Å². The Morgan fingerprint density at radius 3 is 2.74 bits per heavy atom. The minimum atomic E-state index is -4.52.